The van der Waals surface area contributed by atoms with Gasteiger partial charge in [-0.15, -0.1) is 0 Å². The number of carbonyl (C=O) groups is 1. The van der Waals surface area contributed by atoms with Crippen molar-refractivity contribution in [1.29, 1.82) is 0 Å². The van der Waals surface area contributed by atoms with Crippen LogP contribution in [-0.4, -0.2) is 33.8 Å². The lowest BCUT2D eigenvalue weighted by molar-refractivity contribution is -0.143. The molecule has 0 saturated carbocycles. The Kier molecular flexibility index (Phi) is 3.06. The van der Waals surface area contributed by atoms with E-state index >= 15 is 0 Å². The first-order chi connectivity index (χ1) is 7.80. The van der Waals surface area contributed by atoms with E-state index in [1.165, 1.54) is 0 Å². The third-order valence-corrected chi connectivity index (χ3v) is 3.54. The van der Waals surface area contributed by atoms with E-state index in [-0.39, 0.29) is 23.8 Å². The summed E-state index contributed by atoms with van der Waals surface area (Å²) >= 11 is 5.36. The molecule has 0 aromatic carbocycles. The van der Waals surface area contributed by atoms with E-state index in [4.69, 9.17) is 17.0 Å². The normalized spacial score (nSPS) is 31.2. The lowest BCUT2D eigenvalue weighted by Crippen LogP contribution is -2.61. The van der Waals surface area contributed by atoms with Crippen molar-refractivity contribution in [2.45, 2.75) is 58.3 Å². The zero-order chi connectivity index (χ0) is 12.8. The molecule has 0 spiro atoms. The Balaban J connectivity index is 2.19. The number of nitrogens with zero attached hydrogens (tertiary/aromatic N) is 1. The minimum atomic E-state index is -0.212. The van der Waals surface area contributed by atoms with Crippen LogP contribution in [0, 0.1) is 5.92 Å². The van der Waals surface area contributed by atoms with Crippen LogP contribution in [0.5, 0.6) is 0 Å². The summed E-state index contributed by atoms with van der Waals surface area (Å²) in [6.07, 6.45) is 1.38. The number of esters is 1. The number of carbonyl (C=O) groups excluding carboxylic acids is 1. The molecule has 2 heterocycles. The average molecular weight is 256 g/mol. The van der Waals surface area contributed by atoms with Gasteiger partial charge in [-0.25, -0.2) is 4.79 Å². The lowest BCUT2D eigenvalue weighted by Gasteiger charge is -2.42. The second kappa shape index (κ2) is 4.12. The summed E-state index contributed by atoms with van der Waals surface area (Å²) in [7, 11) is 0. The molecule has 2 aliphatic rings. The van der Waals surface area contributed by atoms with Crippen LogP contribution in [0.15, 0.2) is 0 Å². The largest absolute Gasteiger partial charge is 0.440 e. The van der Waals surface area contributed by atoms with Crippen molar-refractivity contribution in [3.8, 4) is 0 Å². The van der Waals surface area contributed by atoms with E-state index < -0.39 is 0 Å². The Hall–Kier alpha value is -0.840. The number of nitrogens with one attached hydrogen (secondary N) is 1. The quantitative estimate of drug-likeness (QED) is 0.601. The topological polar surface area (TPSA) is 41.6 Å². The van der Waals surface area contributed by atoms with E-state index in [2.05, 4.69) is 33.0 Å². The fourth-order valence-electron chi connectivity index (χ4n) is 2.49. The minimum absolute atomic E-state index is 0.106. The molecule has 0 unspecified atom stereocenters. The first-order valence-electron chi connectivity index (χ1n) is 6.11. The van der Waals surface area contributed by atoms with Crippen LogP contribution in [0.1, 0.15) is 40.5 Å². The highest BCUT2D eigenvalue weighted by Crippen LogP contribution is 2.32. The molecule has 0 aromatic rings. The Morgan fingerprint density at radius 3 is 2.82 bits per heavy atom. The molecule has 5 heteroatoms. The van der Waals surface area contributed by atoms with Crippen LogP contribution in [-0.2, 0) is 9.53 Å². The lowest BCUT2D eigenvalue weighted by atomic mass is 9.96. The molecular formula is C12H20N2O2S. The molecule has 2 atom stereocenters. The van der Waals surface area contributed by atoms with Gasteiger partial charge in [0.2, 0.25) is 0 Å². The standard InChI is InChI=1S/C12H20N2O2S/c1-7(2)5-8-10(15)16-9-6-12(3,4)13-11(17)14(8)9/h7-9H,5-6H2,1-4H3,(H,13,17)/t8-,9-/m0/s1. The Bertz CT molecular complexity index is 354. The Labute approximate surface area is 108 Å². The van der Waals surface area contributed by atoms with Gasteiger partial charge in [0.15, 0.2) is 11.3 Å². The molecule has 4 nitrogen and oxygen atoms in total. The Morgan fingerprint density at radius 1 is 1.59 bits per heavy atom. The molecule has 2 aliphatic heterocycles. The van der Waals surface area contributed by atoms with Gasteiger partial charge in [0.25, 0.3) is 0 Å². The maximum Gasteiger partial charge on any atom is 0.330 e. The van der Waals surface area contributed by atoms with E-state index in [1.807, 2.05) is 4.90 Å². The van der Waals surface area contributed by atoms with Gasteiger partial charge in [0.05, 0.1) is 0 Å². The van der Waals surface area contributed by atoms with Crippen LogP contribution in [0.4, 0.5) is 0 Å². The van der Waals surface area contributed by atoms with Gasteiger partial charge in [-0.3, -0.25) is 4.90 Å². The molecular weight excluding hydrogens is 236 g/mol. The highest BCUT2D eigenvalue weighted by molar-refractivity contribution is 7.80. The summed E-state index contributed by atoms with van der Waals surface area (Å²) < 4.78 is 5.44. The first-order valence-corrected chi connectivity index (χ1v) is 6.52. The van der Waals surface area contributed by atoms with Gasteiger partial charge in [-0.05, 0) is 38.4 Å². The summed E-state index contributed by atoms with van der Waals surface area (Å²) in [5.41, 5.74) is -0.106. The highest BCUT2D eigenvalue weighted by Gasteiger charge is 2.49. The fourth-order valence-corrected chi connectivity index (χ4v) is 3.02. The maximum atomic E-state index is 11.9. The van der Waals surface area contributed by atoms with E-state index in [1.54, 1.807) is 0 Å². The van der Waals surface area contributed by atoms with Crippen molar-refractivity contribution >= 4 is 23.3 Å². The molecule has 1 N–H and O–H groups in total. The molecule has 2 rings (SSSR count). The van der Waals surface area contributed by atoms with Gasteiger partial charge in [0, 0.05) is 12.0 Å². The minimum Gasteiger partial charge on any atom is -0.440 e. The van der Waals surface area contributed by atoms with Crippen molar-refractivity contribution in [1.82, 2.24) is 10.2 Å². The highest BCUT2D eigenvalue weighted by atomic mass is 32.1. The van der Waals surface area contributed by atoms with E-state index in [0.717, 1.165) is 12.8 Å². The predicted octanol–water partition coefficient (Wildman–Crippen LogP) is 1.64. The van der Waals surface area contributed by atoms with Crippen LogP contribution in [0.25, 0.3) is 0 Å². The van der Waals surface area contributed by atoms with E-state index in [0.29, 0.717) is 11.0 Å². The number of rotatable bonds is 2. The molecule has 2 saturated heterocycles. The maximum absolute atomic E-state index is 11.9. The SMILES string of the molecule is CC(C)C[C@H]1C(=O)O[C@H]2CC(C)(C)NC(=S)N21. The monoisotopic (exact) mass is 256 g/mol. The summed E-state index contributed by atoms with van der Waals surface area (Å²) in [6.45, 7) is 8.34. The van der Waals surface area contributed by atoms with Crippen molar-refractivity contribution in [3.05, 3.63) is 0 Å². The van der Waals surface area contributed by atoms with Gasteiger partial charge in [0.1, 0.15) is 6.04 Å². The van der Waals surface area contributed by atoms with Crippen LogP contribution in [0.2, 0.25) is 0 Å². The summed E-state index contributed by atoms with van der Waals surface area (Å²) in [6, 6.07) is -0.212. The number of ether oxygens (including phenoxy) is 1. The van der Waals surface area contributed by atoms with Crippen LogP contribution in [0.3, 0.4) is 0 Å². The third kappa shape index (κ3) is 2.39. The van der Waals surface area contributed by atoms with Crippen molar-refractivity contribution < 1.29 is 9.53 Å². The first kappa shape index (κ1) is 12.6. The van der Waals surface area contributed by atoms with Gasteiger partial charge < -0.3 is 10.1 Å². The van der Waals surface area contributed by atoms with Gasteiger partial charge in [-0.2, -0.15) is 0 Å². The molecule has 96 valence electrons. The third-order valence-electron chi connectivity index (χ3n) is 3.23. The van der Waals surface area contributed by atoms with Gasteiger partial charge in [-0.1, -0.05) is 13.8 Å². The zero-order valence-electron chi connectivity index (χ0n) is 10.8. The summed E-state index contributed by atoms with van der Waals surface area (Å²) in [5.74, 6) is 0.314. The summed E-state index contributed by atoms with van der Waals surface area (Å²) in [5, 5.41) is 3.92. The second-order valence-electron chi connectivity index (χ2n) is 5.96. The second-order valence-corrected chi connectivity index (χ2v) is 6.35. The number of hydrogen-bond acceptors (Lipinski definition) is 3. The molecule has 17 heavy (non-hydrogen) atoms. The number of fused-ring (bicyclic) bond motifs is 1. The Morgan fingerprint density at radius 2 is 2.24 bits per heavy atom. The van der Waals surface area contributed by atoms with Crippen molar-refractivity contribution in [2.75, 3.05) is 0 Å². The van der Waals surface area contributed by atoms with Gasteiger partial charge >= 0.3 is 5.97 Å². The van der Waals surface area contributed by atoms with Crippen molar-refractivity contribution in [2.24, 2.45) is 5.92 Å². The zero-order valence-corrected chi connectivity index (χ0v) is 11.6. The smallest absolute Gasteiger partial charge is 0.330 e. The predicted molar refractivity (Wildman–Crippen MR) is 69.4 cm³/mol. The molecule has 0 bridgehead atoms. The van der Waals surface area contributed by atoms with Crippen LogP contribution < -0.4 is 5.32 Å². The molecule has 0 amide bonds. The number of thiocarbonyl (C=S) groups is 1. The fraction of sp³-hybridized carbons (Fsp3) is 0.833. The molecule has 0 radical (unpaired) electrons. The average Bonchev–Trinajstić information content (AvgIpc) is 2.39. The molecule has 0 aromatic heterocycles. The summed E-state index contributed by atoms with van der Waals surface area (Å²) in [4.78, 5) is 13.8. The molecule has 0 aliphatic carbocycles. The van der Waals surface area contributed by atoms with Crippen molar-refractivity contribution in [3.63, 3.8) is 0 Å². The number of hydrogen-bond donors (Lipinski definition) is 1. The van der Waals surface area contributed by atoms with Crippen LogP contribution >= 0.6 is 12.2 Å². The van der Waals surface area contributed by atoms with E-state index in [9.17, 15) is 4.79 Å². The molecule has 2 fully saturated rings.